The van der Waals surface area contributed by atoms with Gasteiger partial charge in [0.05, 0.1) is 45.7 Å². The molecule has 9 nitrogen and oxygen atoms in total. The maximum absolute atomic E-state index is 11.7. The summed E-state index contributed by atoms with van der Waals surface area (Å²) in [6.45, 7) is 3.10. The van der Waals surface area contributed by atoms with Crippen molar-refractivity contribution >= 4 is 69.9 Å². The fourth-order valence-electron chi connectivity index (χ4n) is 3.58. The predicted molar refractivity (Wildman–Crippen MR) is 164 cm³/mol. The topological polar surface area (TPSA) is 132 Å². The zero-order valence-corrected chi connectivity index (χ0v) is 28.9. The maximum atomic E-state index is 11.7. The van der Waals surface area contributed by atoms with Gasteiger partial charge in [-0.05, 0) is 35.4 Å². The molecule has 0 unspecified atom stereocenters. The van der Waals surface area contributed by atoms with E-state index in [0.717, 1.165) is 11.1 Å². The standard InChI is InChI=1S/C28H31Cl5N2O7.2ClH/c1-4-5-38-13-19(42-25(37)12-35)15-40-27-22(32)8-17(9-23(27)33)28(2,3)16-6-20(30)26(21(31)7-16)39-14-18(10-29)41-24(36)11-34;;/h1,6-9,18-19H,5,10-15,34-35H2,2-3H3;2*1H/p-2/t18-,19-;;/m1../s1. The van der Waals surface area contributed by atoms with Crippen molar-refractivity contribution in [3.63, 3.8) is 0 Å². The van der Waals surface area contributed by atoms with E-state index < -0.39 is 29.6 Å². The van der Waals surface area contributed by atoms with E-state index >= 15 is 0 Å². The van der Waals surface area contributed by atoms with Crippen molar-refractivity contribution in [3.05, 3.63) is 55.5 Å². The summed E-state index contributed by atoms with van der Waals surface area (Å²) in [5, 5.41) is 0.892. The fraction of sp³-hybridized carbons (Fsp3) is 0.429. The molecule has 0 spiro atoms. The van der Waals surface area contributed by atoms with Crippen LogP contribution in [-0.4, -0.2) is 69.5 Å². The largest absolute Gasteiger partial charge is 1.00 e. The molecule has 0 aromatic heterocycles. The van der Waals surface area contributed by atoms with Crippen molar-refractivity contribution in [1.82, 2.24) is 0 Å². The number of carbonyl (C=O) groups is 2. The number of ether oxygens (including phenoxy) is 5. The van der Waals surface area contributed by atoms with Gasteiger partial charge in [-0.25, -0.2) is 0 Å². The van der Waals surface area contributed by atoms with Gasteiger partial charge >= 0.3 is 11.9 Å². The lowest BCUT2D eigenvalue weighted by Crippen LogP contribution is -3.00. The number of carbonyl (C=O) groups excluding carboxylic acids is 2. The first-order valence-electron chi connectivity index (χ1n) is 12.5. The van der Waals surface area contributed by atoms with E-state index in [1.165, 1.54) is 0 Å². The van der Waals surface area contributed by atoms with Gasteiger partial charge in [-0.3, -0.25) is 9.59 Å². The molecular weight excluding hydrogens is 724 g/mol. The van der Waals surface area contributed by atoms with Crippen LogP contribution in [0.3, 0.4) is 0 Å². The van der Waals surface area contributed by atoms with E-state index in [2.05, 4.69) is 5.92 Å². The van der Waals surface area contributed by atoms with Crippen molar-refractivity contribution in [1.29, 1.82) is 0 Å². The van der Waals surface area contributed by atoms with Crippen molar-refractivity contribution in [2.24, 2.45) is 11.5 Å². The van der Waals surface area contributed by atoms with E-state index in [1.54, 1.807) is 24.3 Å². The molecule has 0 saturated carbocycles. The van der Waals surface area contributed by atoms with Gasteiger partial charge in [0.2, 0.25) is 0 Å². The minimum atomic E-state index is -0.796. The summed E-state index contributed by atoms with van der Waals surface area (Å²) in [6.07, 6.45) is 3.66. The Balaban J connectivity index is 0.00000924. The van der Waals surface area contributed by atoms with E-state index in [4.69, 9.17) is 99.6 Å². The second-order valence-electron chi connectivity index (χ2n) is 9.29. The third-order valence-corrected chi connectivity index (χ3v) is 7.33. The molecule has 44 heavy (non-hydrogen) atoms. The predicted octanol–water partition coefficient (Wildman–Crippen LogP) is -0.979. The van der Waals surface area contributed by atoms with Gasteiger partial charge in [0, 0.05) is 5.41 Å². The molecule has 2 rings (SSSR count). The Kier molecular flexibility index (Phi) is 19.8. The molecule has 0 bridgehead atoms. The minimum absolute atomic E-state index is 0. The van der Waals surface area contributed by atoms with Crippen LogP contribution in [0.4, 0.5) is 0 Å². The highest BCUT2D eigenvalue weighted by Gasteiger charge is 2.28. The van der Waals surface area contributed by atoms with Crippen LogP contribution in [0.15, 0.2) is 24.3 Å². The SMILES string of the molecule is C#CCOC[C@H](COc1c(Cl)cc(C(C)(C)c2cc(Cl)c(OC[C@@H](CCl)OC(=O)CN)c(Cl)c2)cc1Cl)OC(=O)CN.[Cl-].[Cl-]. The van der Waals surface area contributed by atoms with Crippen molar-refractivity contribution in [3.8, 4) is 23.8 Å². The van der Waals surface area contributed by atoms with Crippen LogP contribution in [0, 0.1) is 12.3 Å². The number of hydrogen-bond acceptors (Lipinski definition) is 9. The molecule has 0 aliphatic rings. The third kappa shape index (κ3) is 12.3. The van der Waals surface area contributed by atoms with Crippen LogP contribution in [0.1, 0.15) is 25.0 Å². The normalized spacial score (nSPS) is 12.1. The molecule has 0 amide bonds. The lowest BCUT2D eigenvalue weighted by Gasteiger charge is -2.28. The molecule has 4 N–H and O–H groups in total. The second-order valence-corrected chi connectivity index (χ2v) is 11.2. The number of nitrogens with two attached hydrogens (primary N) is 2. The number of esters is 2. The van der Waals surface area contributed by atoms with Gasteiger partial charge in [-0.15, -0.1) is 18.0 Å². The van der Waals surface area contributed by atoms with E-state index in [-0.39, 0.29) is 102 Å². The average Bonchev–Trinajstić information content (AvgIpc) is 2.94. The van der Waals surface area contributed by atoms with Crippen LogP contribution in [0.2, 0.25) is 20.1 Å². The second kappa shape index (κ2) is 20.5. The first kappa shape index (κ1) is 42.5. The average molecular weight is 756 g/mol. The number of alkyl halides is 1. The highest BCUT2D eigenvalue weighted by atomic mass is 35.5. The summed E-state index contributed by atoms with van der Waals surface area (Å²) < 4.78 is 27.1. The molecular formula is C28H31Cl7N2O7-2. The molecule has 2 aromatic rings. The number of hydrogen-bond donors (Lipinski definition) is 2. The first-order chi connectivity index (χ1) is 19.9. The molecule has 0 heterocycles. The quantitative estimate of drug-likeness (QED) is 0.0962. The number of benzene rings is 2. The Morgan fingerprint density at radius 1 is 0.795 bits per heavy atom. The summed E-state index contributed by atoms with van der Waals surface area (Å²) >= 11 is 32.1. The highest BCUT2D eigenvalue weighted by molar-refractivity contribution is 6.38. The lowest BCUT2D eigenvalue weighted by atomic mass is 9.78. The number of terminal acetylenes is 1. The summed E-state index contributed by atoms with van der Waals surface area (Å²) in [7, 11) is 0. The zero-order chi connectivity index (χ0) is 31.4. The zero-order valence-electron chi connectivity index (χ0n) is 23.6. The molecule has 0 radical (unpaired) electrons. The van der Waals surface area contributed by atoms with Crippen LogP contribution in [0.5, 0.6) is 11.5 Å². The highest BCUT2D eigenvalue weighted by Crippen LogP contribution is 2.44. The van der Waals surface area contributed by atoms with Crippen LogP contribution >= 0.6 is 58.0 Å². The Labute approximate surface area is 294 Å². The molecule has 0 aliphatic heterocycles. The van der Waals surface area contributed by atoms with E-state index in [0.29, 0.717) is 0 Å². The first-order valence-corrected chi connectivity index (χ1v) is 14.5. The molecule has 0 saturated heterocycles. The van der Waals surface area contributed by atoms with E-state index in [9.17, 15) is 9.59 Å². The Hall–Kier alpha value is -1.55. The van der Waals surface area contributed by atoms with Gasteiger partial charge in [0.1, 0.15) is 25.9 Å². The van der Waals surface area contributed by atoms with Crippen LogP contribution < -0.4 is 45.8 Å². The van der Waals surface area contributed by atoms with Crippen molar-refractivity contribution in [2.75, 3.05) is 45.4 Å². The van der Waals surface area contributed by atoms with Crippen LogP contribution in [0.25, 0.3) is 0 Å². The minimum Gasteiger partial charge on any atom is -1.00 e. The Morgan fingerprint density at radius 3 is 1.55 bits per heavy atom. The molecule has 246 valence electrons. The summed E-state index contributed by atoms with van der Waals surface area (Å²) in [4.78, 5) is 23.2. The lowest BCUT2D eigenvalue weighted by molar-refractivity contribution is -0.152. The smallest absolute Gasteiger partial charge is 0.320 e. The molecule has 16 heteroatoms. The van der Waals surface area contributed by atoms with Crippen molar-refractivity contribution in [2.45, 2.75) is 31.5 Å². The van der Waals surface area contributed by atoms with Gasteiger partial charge in [-0.1, -0.05) is 66.2 Å². The summed E-state index contributed by atoms with van der Waals surface area (Å²) in [5.74, 6) is 1.46. The van der Waals surface area contributed by atoms with Gasteiger partial charge < -0.3 is 60.0 Å². The van der Waals surface area contributed by atoms with Crippen LogP contribution in [-0.2, 0) is 29.2 Å². The Bertz CT molecular complexity index is 1250. The monoisotopic (exact) mass is 752 g/mol. The van der Waals surface area contributed by atoms with Gasteiger partial charge in [-0.2, -0.15) is 0 Å². The Morgan fingerprint density at radius 2 is 1.18 bits per heavy atom. The van der Waals surface area contributed by atoms with Gasteiger partial charge in [0.15, 0.2) is 17.6 Å². The number of halogens is 7. The third-order valence-electron chi connectivity index (χ3n) is 5.86. The van der Waals surface area contributed by atoms with Crippen molar-refractivity contribution < 1.29 is 58.1 Å². The molecule has 2 aromatic carbocycles. The molecule has 0 fully saturated rings. The molecule has 2 atom stereocenters. The number of rotatable bonds is 16. The molecule has 0 aliphatic carbocycles. The van der Waals surface area contributed by atoms with E-state index in [1.807, 2.05) is 13.8 Å². The summed E-state index contributed by atoms with van der Waals surface area (Å²) in [6, 6.07) is 6.79. The maximum Gasteiger partial charge on any atom is 0.320 e. The fourth-order valence-corrected chi connectivity index (χ4v) is 4.92. The summed E-state index contributed by atoms with van der Waals surface area (Å²) in [5.41, 5.74) is 11.4. The van der Waals surface area contributed by atoms with Gasteiger partial charge in [0.25, 0.3) is 0 Å².